The molecule has 5 aliphatic rings. The molecule has 1 saturated heterocycles. The molecule has 96 valence electrons. The third-order valence-corrected chi connectivity index (χ3v) is 5.93. The minimum absolute atomic E-state index is 0.674. The molecule has 4 aliphatic carbocycles. The summed E-state index contributed by atoms with van der Waals surface area (Å²) in [6.07, 6.45) is 8.91. The van der Waals surface area contributed by atoms with Crippen molar-refractivity contribution in [2.24, 2.45) is 29.6 Å². The number of hydrogen-bond acceptors (Lipinski definition) is 2. The summed E-state index contributed by atoms with van der Waals surface area (Å²) in [6.45, 7) is 3.12. The fourth-order valence-electron chi connectivity index (χ4n) is 5.60. The molecular weight excluding hydrogens is 210 g/mol. The van der Waals surface area contributed by atoms with Gasteiger partial charge in [-0.05, 0) is 74.7 Å². The lowest BCUT2D eigenvalue weighted by molar-refractivity contribution is -0.0609. The van der Waals surface area contributed by atoms with Crippen molar-refractivity contribution in [3.05, 3.63) is 0 Å². The lowest BCUT2D eigenvalue weighted by Gasteiger charge is -2.56. The van der Waals surface area contributed by atoms with Crippen LogP contribution < -0.4 is 5.32 Å². The molecule has 17 heavy (non-hydrogen) atoms. The predicted octanol–water partition coefficient (Wildman–Crippen LogP) is 2.44. The van der Waals surface area contributed by atoms with Gasteiger partial charge in [0.25, 0.3) is 0 Å². The summed E-state index contributed by atoms with van der Waals surface area (Å²) in [5.41, 5.74) is 0. The molecule has 4 saturated carbocycles. The van der Waals surface area contributed by atoms with Crippen molar-refractivity contribution in [3.8, 4) is 0 Å². The average Bonchev–Trinajstić information content (AvgIpc) is 2.56. The summed E-state index contributed by atoms with van der Waals surface area (Å²) >= 11 is 0. The van der Waals surface area contributed by atoms with Crippen molar-refractivity contribution >= 4 is 0 Å². The Morgan fingerprint density at radius 3 is 2.29 bits per heavy atom. The van der Waals surface area contributed by atoms with Crippen molar-refractivity contribution in [3.63, 3.8) is 0 Å². The lowest BCUT2D eigenvalue weighted by atomic mass is 9.50. The fourth-order valence-corrected chi connectivity index (χ4v) is 5.60. The zero-order chi connectivity index (χ0) is 11.2. The highest BCUT2D eigenvalue weighted by Crippen LogP contribution is 2.57. The summed E-state index contributed by atoms with van der Waals surface area (Å²) < 4.78 is 5.80. The number of rotatable bonds is 1. The van der Waals surface area contributed by atoms with E-state index in [1.807, 2.05) is 0 Å². The van der Waals surface area contributed by atoms with Crippen molar-refractivity contribution in [2.75, 3.05) is 19.8 Å². The molecule has 1 aliphatic heterocycles. The van der Waals surface area contributed by atoms with Crippen LogP contribution in [-0.2, 0) is 4.74 Å². The van der Waals surface area contributed by atoms with Gasteiger partial charge in [-0.15, -0.1) is 0 Å². The van der Waals surface area contributed by atoms with E-state index >= 15 is 0 Å². The van der Waals surface area contributed by atoms with Gasteiger partial charge in [0, 0.05) is 12.6 Å². The van der Waals surface area contributed by atoms with E-state index in [1.165, 1.54) is 38.6 Å². The van der Waals surface area contributed by atoms with Gasteiger partial charge in [0.2, 0.25) is 0 Å². The van der Waals surface area contributed by atoms with Gasteiger partial charge in [-0.2, -0.15) is 0 Å². The monoisotopic (exact) mass is 235 g/mol. The Bertz CT molecular complexity index is 255. The summed E-state index contributed by atoms with van der Waals surface area (Å²) in [6, 6.07) is 0.674. The standard InChI is InChI=1S/C15H25NO/c1-2-16-14(9-17-3-1)15-12-5-10-4-11(7-12)8-13(15)6-10/h10-16H,1-9H2. The largest absolute Gasteiger partial charge is 0.380 e. The third-order valence-electron chi connectivity index (χ3n) is 5.93. The predicted molar refractivity (Wildman–Crippen MR) is 67.8 cm³/mol. The van der Waals surface area contributed by atoms with E-state index in [0.717, 1.165) is 42.8 Å². The van der Waals surface area contributed by atoms with E-state index in [-0.39, 0.29) is 0 Å². The van der Waals surface area contributed by atoms with Gasteiger partial charge in [-0.1, -0.05) is 0 Å². The van der Waals surface area contributed by atoms with Crippen LogP contribution in [0.2, 0.25) is 0 Å². The van der Waals surface area contributed by atoms with E-state index in [1.54, 1.807) is 6.42 Å². The highest BCUT2D eigenvalue weighted by atomic mass is 16.5. The molecule has 5 rings (SSSR count). The van der Waals surface area contributed by atoms with Gasteiger partial charge in [0.15, 0.2) is 0 Å². The summed E-state index contributed by atoms with van der Waals surface area (Å²) in [5.74, 6) is 5.21. The first-order valence-electron chi connectivity index (χ1n) is 7.71. The molecule has 2 heteroatoms. The minimum Gasteiger partial charge on any atom is -0.380 e. The molecule has 0 aromatic heterocycles. The van der Waals surface area contributed by atoms with Crippen LogP contribution in [0, 0.1) is 29.6 Å². The van der Waals surface area contributed by atoms with Crippen LogP contribution in [0.1, 0.15) is 38.5 Å². The normalized spacial score (nSPS) is 53.6. The quantitative estimate of drug-likeness (QED) is 0.754. The van der Waals surface area contributed by atoms with Gasteiger partial charge in [-0.25, -0.2) is 0 Å². The molecule has 4 bridgehead atoms. The van der Waals surface area contributed by atoms with E-state index < -0.39 is 0 Å². The van der Waals surface area contributed by atoms with Crippen LogP contribution in [-0.4, -0.2) is 25.8 Å². The van der Waals surface area contributed by atoms with Crippen molar-refractivity contribution in [1.29, 1.82) is 0 Å². The van der Waals surface area contributed by atoms with E-state index in [0.29, 0.717) is 6.04 Å². The van der Waals surface area contributed by atoms with Gasteiger partial charge in [-0.3, -0.25) is 0 Å². The minimum atomic E-state index is 0.674. The van der Waals surface area contributed by atoms with E-state index in [2.05, 4.69) is 5.32 Å². The second-order valence-corrected chi connectivity index (χ2v) is 7.00. The van der Waals surface area contributed by atoms with Crippen molar-refractivity contribution < 1.29 is 4.74 Å². The van der Waals surface area contributed by atoms with Crippen LogP contribution >= 0.6 is 0 Å². The SMILES string of the molecule is C1CNC(C2C3CC4CC(C3)CC2C4)COC1. The maximum atomic E-state index is 5.80. The molecule has 1 atom stereocenters. The molecule has 0 amide bonds. The zero-order valence-electron chi connectivity index (χ0n) is 10.7. The maximum Gasteiger partial charge on any atom is 0.0622 e. The zero-order valence-corrected chi connectivity index (χ0v) is 10.7. The second kappa shape index (κ2) is 4.24. The Kier molecular flexibility index (Phi) is 2.69. The summed E-state index contributed by atoms with van der Waals surface area (Å²) in [4.78, 5) is 0. The first-order valence-corrected chi connectivity index (χ1v) is 7.71. The Morgan fingerprint density at radius 1 is 0.882 bits per heavy atom. The smallest absolute Gasteiger partial charge is 0.0622 e. The maximum absolute atomic E-state index is 5.80. The Hall–Kier alpha value is -0.0800. The second-order valence-electron chi connectivity index (χ2n) is 7.00. The first-order chi connectivity index (χ1) is 8.40. The van der Waals surface area contributed by atoms with E-state index in [4.69, 9.17) is 4.74 Å². The Morgan fingerprint density at radius 2 is 1.59 bits per heavy atom. The van der Waals surface area contributed by atoms with Gasteiger partial charge < -0.3 is 10.1 Å². The summed E-state index contributed by atoms with van der Waals surface area (Å²) in [7, 11) is 0. The van der Waals surface area contributed by atoms with Crippen LogP contribution in [0.3, 0.4) is 0 Å². The molecule has 1 heterocycles. The topological polar surface area (TPSA) is 21.3 Å². The van der Waals surface area contributed by atoms with Gasteiger partial charge >= 0.3 is 0 Å². The highest BCUT2D eigenvalue weighted by Gasteiger charge is 2.50. The molecule has 1 unspecified atom stereocenters. The molecule has 0 spiro atoms. The van der Waals surface area contributed by atoms with E-state index in [9.17, 15) is 0 Å². The summed E-state index contributed by atoms with van der Waals surface area (Å²) in [5, 5.41) is 3.78. The number of hydrogen-bond donors (Lipinski definition) is 1. The molecule has 0 aromatic rings. The Labute approximate surface area is 104 Å². The highest BCUT2D eigenvalue weighted by molar-refractivity contribution is 5.01. The van der Waals surface area contributed by atoms with Crippen LogP contribution in [0.15, 0.2) is 0 Å². The fraction of sp³-hybridized carbons (Fsp3) is 1.00. The Balaban J connectivity index is 1.53. The number of ether oxygens (including phenoxy) is 1. The third kappa shape index (κ3) is 1.84. The molecule has 0 radical (unpaired) electrons. The molecule has 0 aromatic carbocycles. The van der Waals surface area contributed by atoms with Crippen molar-refractivity contribution in [1.82, 2.24) is 5.32 Å². The van der Waals surface area contributed by atoms with Gasteiger partial charge in [0.05, 0.1) is 6.61 Å². The molecular formula is C15H25NO. The number of nitrogens with one attached hydrogen (secondary N) is 1. The first kappa shape index (κ1) is 10.8. The molecule has 5 fully saturated rings. The van der Waals surface area contributed by atoms with Crippen LogP contribution in [0.4, 0.5) is 0 Å². The average molecular weight is 235 g/mol. The molecule has 2 nitrogen and oxygen atoms in total. The van der Waals surface area contributed by atoms with Crippen LogP contribution in [0.25, 0.3) is 0 Å². The lowest BCUT2D eigenvalue weighted by Crippen LogP contribution is -2.54. The van der Waals surface area contributed by atoms with Gasteiger partial charge in [0.1, 0.15) is 0 Å². The van der Waals surface area contributed by atoms with Crippen LogP contribution in [0.5, 0.6) is 0 Å². The van der Waals surface area contributed by atoms with Crippen molar-refractivity contribution in [2.45, 2.75) is 44.6 Å². The molecule has 1 N–H and O–H groups in total.